The Bertz CT molecular complexity index is 599. The van der Waals surface area contributed by atoms with Crippen LogP contribution in [0.3, 0.4) is 0 Å². The number of aliphatic hydroxyl groups is 1. The molecule has 104 valence electrons. The molecule has 20 heavy (non-hydrogen) atoms. The summed E-state index contributed by atoms with van der Waals surface area (Å²) < 4.78 is 0.967. The fourth-order valence-electron chi connectivity index (χ4n) is 2.79. The fraction of sp³-hybridized carbons (Fsp3) is 0.294. The SMILES string of the molecule is OC(Cc1ccc(Br)cc1Cl)C1CC1c1ccccc1. The first kappa shape index (κ1) is 14.1. The van der Waals surface area contributed by atoms with Crippen LogP contribution in [-0.4, -0.2) is 11.2 Å². The summed E-state index contributed by atoms with van der Waals surface area (Å²) in [6.45, 7) is 0. The molecule has 1 N–H and O–H groups in total. The Kier molecular flexibility index (Phi) is 4.16. The Hall–Kier alpha value is -0.830. The Morgan fingerprint density at radius 3 is 2.65 bits per heavy atom. The van der Waals surface area contributed by atoms with E-state index >= 15 is 0 Å². The highest BCUT2D eigenvalue weighted by Gasteiger charge is 2.43. The third-order valence-electron chi connectivity index (χ3n) is 4.01. The predicted molar refractivity (Wildman–Crippen MR) is 86.2 cm³/mol. The third kappa shape index (κ3) is 3.08. The van der Waals surface area contributed by atoms with Crippen molar-refractivity contribution >= 4 is 27.5 Å². The molecule has 1 saturated carbocycles. The minimum absolute atomic E-state index is 0.320. The summed E-state index contributed by atoms with van der Waals surface area (Å²) >= 11 is 9.61. The first-order chi connectivity index (χ1) is 9.65. The lowest BCUT2D eigenvalue weighted by Crippen LogP contribution is -2.14. The number of aliphatic hydroxyl groups excluding tert-OH is 1. The molecule has 1 nitrogen and oxygen atoms in total. The zero-order valence-corrected chi connectivity index (χ0v) is 13.3. The summed E-state index contributed by atoms with van der Waals surface area (Å²) in [5.74, 6) is 0.859. The van der Waals surface area contributed by atoms with Crippen molar-refractivity contribution in [2.75, 3.05) is 0 Å². The van der Waals surface area contributed by atoms with E-state index in [9.17, 15) is 5.11 Å². The third-order valence-corrected chi connectivity index (χ3v) is 4.85. The van der Waals surface area contributed by atoms with Gasteiger partial charge in [0.15, 0.2) is 0 Å². The zero-order valence-electron chi connectivity index (χ0n) is 11.0. The molecule has 3 rings (SSSR count). The Labute approximate surface area is 132 Å². The highest BCUT2D eigenvalue weighted by Crippen LogP contribution is 2.50. The fourth-order valence-corrected chi connectivity index (χ4v) is 3.54. The van der Waals surface area contributed by atoms with Gasteiger partial charge in [-0.15, -0.1) is 0 Å². The molecule has 1 aliphatic carbocycles. The molecular weight excluding hydrogens is 336 g/mol. The van der Waals surface area contributed by atoms with E-state index in [1.165, 1.54) is 5.56 Å². The van der Waals surface area contributed by atoms with E-state index in [-0.39, 0.29) is 6.10 Å². The van der Waals surface area contributed by atoms with Gasteiger partial charge >= 0.3 is 0 Å². The van der Waals surface area contributed by atoms with Gasteiger partial charge in [0.05, 0.1) is 6.10 Å². The van der Waals surface area contributed by atoms with Gasteiger partial charge in [-0.25, -0.2) is 0 Å². The Morgan fingerprint density at radius 2 is 1.95 bits per heavy atom. The number of benzene rings is 2. The molecule has 0 aliphatic heterocycles. The van der Waals surface area contributed by atoms with Crippen LogP contribution in [0.4, 0.5) is 0 Å². The minimum atomic E-state index is -0.320. The van der Waals surface area contributed by atoms with Crippen LogP contribution in [0, 0.1) is 5.92 Å². The second-order valence-corrected chi connectivity index (χ2v) is 6.75. The minimum Gasteiger partial charge on any atom is -0.392 e. The van der Waals surface area contributed by atoms with Crippen molar-refractivity contribution in [2.45, 2.75) is 24.9 Å². The monoisotopic (exact) mass is 350 g/mol. The van der Waals surface area contributed by atoms with Gasteiger partial charge in [-0.05, 0) is 41.5 Å². The maximum atomic E-state index is 10.4. The Balaban J connectivity index is 1.65. The zero-order chi connectivity index (χ0) is 14.1. The summed E-state index contributed by atoms with van der Waals surface area (Å²) in [4.78, 5) is 0. The topological polar surface area (TPSA) is 20.2 Å². The van der Waals surface area contributed by atoms with Gasteiger partial charge in [-0.2, -0.15) is 0 Å². The molecule has 2 aromatic carbocycles. The van der Waals surface area contributed by atoms with Crippen molar-refractivity contribution in [1.82, 2.24) is 0 Å². The van der Waals surface area contributed by atoms with Crippen LogP contribution >= 0.6 is 27.5 Å². The second-order valence-electron chi connectivity index (χ2n) is 5.42. The van der Waals surface area contributed by atoms with Gasteiger partial charge in [-0.3, -0.25) is 0 Å². The van der Waals surface area contributed by atoms with E-state index in [1.807, 2.05) is 24.3 Å². The van der Waals surface area contributed by atoms with Crippen LogP contribution in [0.5, 0.6) is 0 Å². The van der Waals surface area contributed by atoms with Gasteiger partial charge in [0.25, 0.3) is 0 Å². The van der Waals surface area contributed by atoms with E-state index in [2.05, 4.69) is 40.2 Å². The molecule has 0 heterocycles. The van der Waals surface area contributed by atoms with Crippen molar-refractivity contribution < 1.29 is 5.11 Å². The lowest BCUT2D eigenvalue weighted by molar-refractivity contribution is 0.149. The van der Waals surface area contributed by atoms with Crippen molar-refractivity contribution in [2.24, 2.45) is 5.92 Å². The van der Waals surface area contributed by atoms with Gasteiger partial charge < -0.3 is 5.11 Å². The summed E-state index contributed by atoms with van der Waals surface area (Å²) in [7, 11) is 0. The van der Waals surface area contributed by atoms with Gasteiger partial charge in [0.2, 0.25) is 0 Å². The summed E-state index contributed by atoms with van der Waals surface area (Å²) in [5.41, 5.74) is 2.35. The second kappa shape index (κ2) is 5.88. The highest BCUT2D eigenvalue weighted by atomic mass is 79.9. The van der Waals surface area contributed by atoms with Gasteiger partial charge in [0, 0.05) is 15.9 Å². The molecular formula is C17H16BrClO. The molecule has 2 aromatic rings. The number of hydrogen-bond acceptors (Lipinski definition) is 1. The first-order valence-electron chi connectivity index (χ1n) is 6.82. The molecule has 0 bridgehead atoms. The van der Waals surface area contributed by atoms with Crippen molar-refractivity contribution in [1.29, 1.82) is 0 Å². The maximum absolute atomic E-state index is 10.4. The van der Waals surface area contributed by atoms with Crippen LogP contribution < -0.4 is 0 Å². The molecule has 3 unspecified atom stereocenters. The van der Waals surface area contributed by atoms with E-state index in [4.69, 9.17) is 11.6 Å². The van der Waals surface area contributed by atoms with Crippen LogP contribution in [0.2, 0.25) is 5.02 Å². The van der Waals surface area contributed by atoms with E-state index < -0.39 is 0 Å². The van der Waals surface area contributed by atoms with E-state index in [0.29, 0.717) is 18.3 Å². The lowest BCUT2D eigenvalue weighted by Gasteiger charge is -2.12. The van der Waals surface area contributed by atoms with Gasteiger partial charge in [-0.1, -0.05) is 63.9 Å². The summed E-state index contributed by atoms with van der Waals surface area (Å²) in [6.07, 6.45) is 1.37. The van der Waals surface area contributed by atoms with Crippen LogP contribution in [0.1, 0.15) is 23.5 Å². The molecule has 0 aromatic heterocycles. The van der Waals surface area contributed by atoms with Crippen molar-refractivity contribution in [3.8, 4) is 0 Å². The molecule has 0 radical (unpaired) electrons. The highest BCUT2D eigenvalue weighted by molar-refractivity contribution is 9.10. The largest absolute Gasteiger partial charge is 0.392 e. The smallest absolute Gasteiger partial charge is 0.0615 e. The number of hydrogen-bond donors (Lipinski definition) is 1. The summed E-state index contributed by atoms with van der Waals surface area (Å²) in [5, 5.41) is 11.1. The average molecular weight is 352 g/mol. The normalized spacial score (nSPS) is 22.6. The van der Waals surface area contributed by atoms with Gasteiger partial charge in [0.1, 0.15) is 0 Å². The standard InChI is InChI=1S/C17H16BrClO/c18-13-7-6-12(16(19)9-13)8-17(20)15-10-14(15)11-4-2-1-3-5-11/h1-7,9,14-15,17,20H,8,10H2. The first-order valence-corrected chi connectivity index (χ1v) is 7.99. The molecule has 0 saturated heterocycles. The van der Waals surface area contributed by atoms with Crippen LogP contribution in [0.25, 0.3) is 0 Å². The molecule has 0 spiro atoms. The molecule has 3 atom stereocenters. The summed E-state index contributed by atoms with van der Waals surface area (Å²) in [6, 6.07) is 16.3. The number of rotatable bonds is 4. The van der Waals surface area contributed by atoms with Crippen LogP contribution in [-0.2, 0) is 6.42 Å². The molecule has 3 heteroatoms. The maximum Gasteiger partial charge on any atom is 0.0615 e. The van der Waals surface area contributed by atoms with Crippen LogP contribution in [0.15, 0.2) is 53.0 Å². The van der Waals surface area contributed by atoms with E-state index in [0.717, 1.165) is 21.5 Å². The molecule has 1 fully saturated rings. The molecule has 0 amide bonds. The predicted octanol–water partition coefficient (Wildman–Crippen LogP) is 4.81. The quantitative estimate of drug-likeness (QED) is 0.838. The van der Waals surface area contributed by atoms with E-state index in [1.54, 1.807) is 0 Å². The van der Waals surface area contributed by atoms with Crippen molar-refractivity contribution in [3.63, 3.8) is 0 Å². The lowest BCUT2D eigenvalue weighted by atomic mass is 10.0. The van der Waals surface area contributed by atoms with Crippen molar-refractivity contribution in [3.05, 3.63) is 69.2 Å². The Morgan fingerprint density at radius 1 is 1.20 bits per heavy atom. The number of halogens is 2. The average Bonchev–Trinajstić information content (AvgIpc) is 3.23. The molecule has 1 aliphatic rings.